The molecule has 0 fully saturated rings. The Morgan fingerprint density at radius 2 is 0.683 bits per heavy atom. The number of hydrazone groups is 4. The standard InChI is InChI=1S/C24H35N17/c1-11(34-38-21(25)26)15-5-16(12(2)35-39-22(27)28)8-19(7-15)33-20-9-17(13(3)36-40-23(29)30)6-18(10-20)14(4)37-41-24(31)32/h5-10,33H,1-4H3,(H4,25,26,38)(H4,27,28,39)(H4,29,30,40)(H4,31,32,41)/b34-11-,35-12-,36-13-,37-14+. The maximum atomic E-state index is 7.38. The van der Waals surface area contributed by atoms with Gasteiger partial charge in [-0.25, -0.2) is 21.7 Å². The lowest BCUT2D eigenvalue weighted by atomic mass is 10.0. The van der Waals surface area contributed by atoms with E-state index in [2.05, 4.69) is 47.4 Å². The van der Waals surface area contributed by atoms with Gasteiger partial charge in [-0.15, -0.1) is 0 Å². The maximum absolute atomic E-state index is 7.38. The highest BCUT2D eigenvalue weighted by Crippen LogP contribution is 2.24. The zero-order chi connectivity index (χ0) is 30.7. The molecule has 0 saturated carbocycles. The minimum absolute atomic E-state index is 0.306. The van der Waals surface area contributed by atoms with Crippen LogP contribution in [-0.4, -0.2) is 46.7 Å². The fourth-order valence-electron chi connectivity index (χ4n) is 3.24. The van der Waals surface area contributed by atoms with Crippen molar-refractivity contribution in [3.63, 3.8) is 0 Å². The number of anilines is 2. The van der Waals surface area contributed by atoms with Gasteiger partial charge in [-0.2, -0.15) is 20.4 Å². The number of guanidine groups is 4. The molecule has 2 aromatic carbocycles. The van der Waals surface area contributed by atoms with E-state index in [4.69, 9.17) is 44.6 Å². The molecule has 17 nitrogen and oxygen atoms in total. The van der Waals surface area contributed by atoms with Gasteiger partial charge in [0.25, 0.3) is 0 Å². The quantitative estimate of drug-likeness (QED) is 0.107. The summed E-state index contributed by atoms with van der Waals surface area (Å²) < 4.78 is 0. The molecule has 0 saturated heterocycles. The first-order chi connectivity index (χ1) is 19.2. The van der Waals surface area contributed by atoms with Crippen LogP contribution in [0, 0.1) is 21.6 Å². The molecule has 0 aromatic heterocycles. The van der Waals surface area contributed by atoms with Crippen LogP contribution in [0.5, 0.6) is 0 Å². The van der Waals surface area contributed by atoms with Crippen molar-refractivity contribution < 1.29 is 0 Å². The summed E-state index contributed by atoms with van der Waals surface area (Å²) in [5, 5.41) is 49.5. The third-order valence-electron chi connectivity index (χ3n) is 5.20. The van der Waals surface area contributed by atoms with Crippen LogP contribution in [0.1, 0.15) is 49.9 Å². The van der Waals surface area contributed by atoms with Crippen LogP contribution in [0.2, 0.25) is 0 Å². The van der Waals surface area contributed by atoms with Crippen molar-refractivity contribution in [3.05, 3.63) is 58.7 Å². The van der Waals surface area contributed by atoms with Gasteiger partial charge in [0, 0.05) is 33.6 Å². The molecule has 17 heteroatoms. The largest absolute Gasteiger partial charge is 0.369 e. The fraction of sp³-hybridized carbons (Fsp3) is 0.167. The van der Waals surface area contributed by atoms with E-state index < -0.39 is 0 Å². The molecule has 0 bridgehead atoms. The molecule has 0 radical (unpaired) electrons. The minimum atomic E-state index is -0.306. The predicted molar refractivity (Wildman–Crippen MR) is 165 cm³/mol. The second-order valence-corrected chi connectivity index (χ2v) is 8.61. The number of nitrogens with zero attached hydrogens (tertiary/aromatic N) is 4. The average molecular weight is 562 g/mol. The summed E-state index contributed by atoms with van der Waals surface area (Å²) in [6.45, 7) is 7.01. The Hall–Kier alpha value is -6.00. The topological polar surface area (TPSA) is 309 Å². The van der Waals surface area contributed by atoms with Gasteiger partial charge < -0.3 is 28.3 Å². The summed E-state index contributed by atoms with van der Waals surface area (Å²) >= 11 is 0. The number of hydrogen-bond donors (Lipinski definition) is 13. The van der Waals surface area contributed by atoms with Gasteiger partial charge in [0.15, 0.2) is 0 Å². The smallest absolute Gasteiger partial charge is 0.206 e. The first kappa shape index (κ1) is 31.2. The van der Waals surface area contributed by atoms with E-state index in [9.17, 15) is 0 Å². The second-order valence-electron chi connectivity index (χ2n) is 8.61. The summed E-state index contributed by atoms with van der Waals surface area (Å²) in [6, 6.07) is 11.1. The Labute approximate surface area is 236 Å². The Bertz CT molecular complexity index is 1250. The Balaban J connectivity index is 2.66. The highest BCUT2D eigenvalue weighted by atomic mass is 15.4. The number of hydrogen-bond acceptors (Lipinski definition) is 9. The van der Waals surface area contributed by atoms with Crippen LogP contribution >= 0.6 is 0 Å². The van der Waals surface area contributed by atoms with Gasteiger partial charge in [0.1, 0.15) is 0 Å². The van der Waals surface area contributed by atoms with E-state index in [1.807, 2.05) is 36.4 Å². The van der Waals surface area contributed by atoms with Gasteiger partial charge in [0.2, 0.25) is 23.8 Å². The molecule has 0 amide bonds. The fourth-order valence-corrected chi connectivity index (χ4v) is 3.24. The lowest BCUT2D eigenvalue weighted by molar-refractivity contribution is 0.990. The van der Waals surface area contributed by atoms with Gasteiger partial charge in [-0.3, -0.25) is 21.6 Å². The Kier molecular flexibility index (Phi) is 10.8. The Morgan fingerprint density at radius 1 is 0.463 bits per heavy atom. The van der Waals surface area contributed by atoms with Gasteiger partial charge in [0.05, 0.1) is 22.8 Å². The van der Waals surface area contributed by atoms with Crippen LogP contribution in [0.4, 0.5) is 11.4 Å². The van der Waals surface area contributed by atoms with E-state index in [0.29, 0.717) is 56.5 Å². The lowest BCUT2D eigenvalue weighted by Gasteiger charge is -2.15. The third kappa shape index (κ3) is 10.3. The van der Waals surface area contributed by atoms with Gasteiger partial charge in [-0.1, -0.05) is 0 Å². The number of rotatable bonds is 10. The van der Waals surface area contributed by atoms with Crippen LogP contribution in [-0.2, 0) is 0 Å². The summed E-state index contributed by atoms with van der Waals surface area (Å²) in [6.07, 6.45) is 0. The molecule has 2 aromatic rings. The van der Waals surface area contributed by atoms with E-state index in [1.165, 1.54) is 0 Å². The van der Waals surface area contributed by atoms with Gasteiger partial charge >= 0.3 is 0 Å². The summed E-state index contributed by atoms with van der Waals surface area (Å²) in [5.41, 5.74) is 37.5. The molecule has 0 spiro atoms. The van der Waals surface area contributed by atoms with Crippen molar-refractivity contribution in [2.24, 2.45) is 43.3 Å². The molecule has 0 atom stereocenters. The monoisotopic (exact) mass is 561 g/mol. The SMILES string of the molecule is C/C(=N/NC(=N)N)c1cc(Nc2cc(/C(C)=N\NC(=N)N)cc(/C(C)=N/NC(=N)N)c2)cc(/C(C)=N\NC(=N)N)c1. The molecule has 2 rings (SSSR count). The molecule has 0 heterocycles. The van der Waals surface area contributed by atoms with Crippen molar-refractivity contribution in [1.29, 1.82) is 21.6 Å². The van der Waals surface area contributed by atoms with Crippen molar-refractivity contribution in [2.45, 2.75) is 27.7 Å². The molecular formula is C24H35N17. The van der Waals surface area contributed by atoms with Crippen LogP contribution in [0.3, 0.4) is 0 Å². The van der Waals surface area contributed by atoms with E-state index >= 15 is 0 Å². The summed E-state index contributed by atoms with van der Waals surface area (Å²) in [7, 11) is 0. The van der Waals surface area contributed by atoms with E-state index in [0.717, 1.165) is 0 Å². The molecule has 0 aliphatic heterocycles. The number of nitrogens with one attached hydrogen (secondary N) is 9. The Morgan fingerprint density at radius 3 is 0.878 bits per heavy atom. The van der Waals surface area contributed by atoms with Crippen LogP contribution < -0.4 is 50.0 Å². The first-order valence-electron chi connectivity index (χ1n) is 11.9. The number of benzene rings is 2. The molecule has 216 valence electrons. The zero-order valence-electron chi connectivity index (χ0n) is 23.1. The van der Waals surface area contributed by atoms with Gasteiger partial charge in [-0.05, 0) is 64.1 Å². The summed E-state index contributed by atoms with van der Waals surface area (Å²) in [5.74, 6) is -1.23. The predicted octanol–water partition coefficient (Wildman–Crippen LogP) is 0.258. The molecule has 17 N–H and O–H groups in total. The average Bonchev–Trinajstić information content (AvgIpc) is 2.91. The van der Waals surface area contributed by atoms with E-state index in [1.54, 1.807) is 27.7 Å². The summed E-state index contributed by atoms with van der Waals surface area (Å²) in [4.78, 5) is 0. The maximum Gasteiger partial charge on any atom is 0.206 e. The molecule has 0 aliphatic rings. The van der Waals surface area contributed by atoms with Crippen molar-refractivity contribution in [1.82, 2.24) is 21.7 Å². The highest BCUT2D eigenvalue weighted by molar-refractivity contribution is 6.07. The normalized spacial score (nSPS) is 12.3. The van der Waals surface area contributed by atoms with Crippen molar-refractivity contribution in [2.75, 3.05) is 5.32 Å². The second kappa shape index (κ2) is 14.2. The first-order valence-corrected chi connectivity index (χ1v) is 11.9. The minimum Gasteiger partial charge on any atom is -0.369 e. The van der Waals surface area contributed by atoms with Crippen LogP contribution in [0.25, 0.3) is 0 Å². The molecule has 0 unspecified atom stereocenters. The number of nitrogens with two attached hydrogens (primary N) is 4. The third-order valence-corrected chi connectivity index (χ3v) is 5.20. The van der Waals surface area contributed by atoms with Crippen molar-refractivity contribution >= 4 is 58.1 Å². The van der Waals surface area contributed by atoms with E-state index in [-0.39, 0.29) is 23.8 Å². The van der Waals surface area contributed by atoms with Crippen LogP contribution in [0.15, 0.2) is 56.8 Å². The zero-order valence-corrected chi connectivity index (χ0v) is 23.1. The highest BCUT2D eigenvalue weighted by Gasteiger charge is 2.11. The molecule has 0 aliphatic carbocycles. The van der Waals surface area contributed by atoms with Crippen molar-refractivity contribution in [3.8, 4) is 0 Å². The molecular weight excluding hydrogens is 526 g/mol. The lowest BCUT2D eigenvalue weighted by Crippen LogP contribution is -2.27. The molecule has 41 heavy (non-hydrogen) atoms.